The number of hydrogen-bond donors (Lipinski definition) is 1. The molecule has 0 amide bonds. The predicted molar refractivity (Wildman–Crippen MR) is 90.3 cm³/mol. The van der Waals surface area contributed by atoms with Gasteiger partial charge in [-0.1, -0.05) is 43.6 Å². The molecule has 0 atom stereocenters. The summed E-state index contributed by atoms with van der Waals surface area (Å²) in [5.74, 6) is 1.28. The molecule has 0 saturated carbocycles. The molecule has 2 nitrogen and oxygen atoms in total. The lowest BCUT2D eigenvalue weighted by molar-refractivity contribution is 0.319. The van der Waals surface area contributed by atoms with Gasteiger partial charge in [-0.25, -0.2) is 0 Å². The zero-order chi connectivity index (χ0) is 15.4. The number of rotatable bonds is 5. The molecule has 0 aliphatic rings. The number of para-hydroxylation sites is 1. The van der Waals surface area contributed by atoms with Crippen molar-refractivity contribution in [3.05, 3.63) is 58.1 Å². The first-order chi connectivity index (χ1) is 9.99. The lowest BCUT2D eigenvalue weighted by atomic mass is 10.0. The Hall–Kier alpha value is -1.67. The van der Waals surface area contributed by atoms with Crippen LogP contribution in [0.4, 0.5) is 5.69 Å². The van der Waals surface area contributed by atoms with Gasteiger partial charge in [0.05, 0.1) is 6.61 Å². The van der Waals surface area contributed by atoms with Crippen LogP contribution in [0.2, 0.25) is 5.02 Å². The van der Waals surface area contributed by atoms with Gasteiger partial charge in [-0.3, -0.25) is 0 Å². The highest BCUT2D eigenvalue weighted by atomic mass is 35.5. The van der Waals surface area contributed by atoms with Crippen LogP contribution < -0.4 is 10.5 Å². The maximum absolute atomic E-state index is 6.28. The molecule has 0 fully saturated rings. The van der Waals surface area contributed by atoms with Crippen LogP contribution in [0, 0.1) is 6.92 Å². The highest BCUT2D eigenvalue weighted by Gasteiger charge is 2.10. The lowest BCUT2D eigenvalue weighted by Crippen LogP contribution is -2.05. The number of anilines is 1. The molecular weight excluding hydrogens is 282 g/mol. The molecule has 21 heavy (non-hydrogen) atoms. The molecule has 112 valence electrons. The van der Waals surface area contributed by atoms with Gasteiger partial charge < -0.3 is 10.5 Å². The van der Waals surface area contributed by atoms with Crippen LogP contribution in [0.15, 0.2) is 36.4 Å². The standard InChI is InChI=1S/C18H22ClNO/c1-12(2)15-11-18(13(3)10-16(15)19)21-9-8-14-6-4-5-7-17(14)20/h4-7,10-12H,8-9,20H2,1-3H3. The van der Waals surface area contributed by atoms with Gasteiger partial charge in [0, 0.05) is 17.1 Å². The van der Waals surface area contributed by atoms with Crippen molar-refractivity contribution in [2.24, 2.45) is 0 Å². The van der Waals surface area contributed by atoms with Gasteiger partial charge in [0.15, 0.2) is 0 Å². The number of aryl methyl sites for hydroxylation is 1. The van der Waals surface area contributed by atoms with Crippen molar-refractivity contribution in [3.63, 3.8) is 0 Å². The molecule has 0 saturated heterocycles. The second-order valence-electron chi connectivity index (χ2n) is 5.59. The van der Waals surface area contributed by atoms with Crippen LogP contribution in [-0.2, 0) is 6.42 Å². The number of hydrogen-bond acceptors (Lipinski definition) is 2. The molecule has 0 aromatic heterocycles. The molecule has 0 unspecified atom stereocenters. The molecule has 0 aliphatic heterocycles. The summed E-state index contributed by atoms with van der Waals surface area (Å²) >= 11 is 6.28. The van der Waals surface area contributed by atoms with E-state index in [1.807, 2.05) is 37.3 Å². The number of benzene rings is 2. The second kappa shape index (κ2) is 6.86. The molecule has 0 spiro atoms. The summed E-state index contributed by atoms with van der Waals surface area (Å²) in [4.78, 5) is 0. The molecule has 2 aromatic rings. The van der Waals surface area contributed by atoms with Crippen molar-refractivity contribution in [2.75, 3.05) is 12.3 Å². The Morgan fingerprint density at radius 3 is 2.57 bits per heavy atom. The SMILES string of the molecule is Cc1cc(Cl)c(C(C)C)cc1OCCc1ccccc1N. The van der Waals surface area contributed by atoms with E-state index in [0.717, 1.165) is 39.6 Å². The first-order valence-electron chi connectivity index (χ1n) is 7.25. The molecule has 2 N–H and O–H groups in total. The monoisotopic (exact) mass is 303 g/mol. The van der Waals surface area contributed by atoms with E-state index in [2.05, 4.69) is 19.9 Å². The van der Waals surface area contributed by atoms with Gasteiger partial charge >= 0.3 is 0 Å². The topological polar surface area (TPSA) is 35.2 Å². The zero-order valence-corrected chi connectivity index (χ0v) is 13.6. The molecule has 0 heterocycles. The van der Waals surface area contributed by atoms with Gasteiger partial charge in [0.2, 0.25) is 0 Å². The minimum absolute atomic E-state index is 0.380. The largest absolute Gasteiger partial charge is 0.493 e. The Kier molecular flexibility index (Phi) is 5.13. The molecule has 2 rings (SSSR count). The van der Waals surface area contributed by atoms with Crippen LogP contribution in [0.3, 0.4) is 0 Å². The van der Waals surface area contributed by atoms with E-state index in [9.17, 15) is 0 Å². The molecule has 0 radical (unpaired) electrons. The van der Waals surface area contributed by atoms with Crippen LogP contribution >= 0.6 is 11.6 Å². The van der Waals surface area contributed by atoms with E-state index < -0.39 is 0 Å². The van der Waals surface area contributed by atoms with Crippen molar-refractivity contribution < 1.29 is 4.74 Å². The normalized spacial score (nSPS) is 10.9. The zero-order valence-electron chi connectivity index (χ0n) is 12.8. The number of nitrogens with two attached hydrogens (primary N) is 1. The van der Waals surface area contributed by atoms with Gasteiger partial charge in [-0.2, -0.15) is 0 Å². The van der Waals surface area contributed by atoms with Crippen molar-refractivity contribution in [1.82, 2.24) is 0 Å². The fourth-order valence-corrected chi connectivity index (χ4v) is 2.74. The van der Waals surface area contributed by atoms with Crippen LogP contribution in [0.1, 0.15) is 36.5 Å². The Morgan fingerprint density at radius 1 is 1.19 bits per heavy atom. The Bertz CT molecular complexity index is 623. The van der Waals surface area contributed by atoms with Crippen molar-refractivity contribution in [3.8, 4) is 5.75 Å². The third-order valence-corrected chi connectivity index (χ3v) is 3.93. The van der Waals surface area contributed by atoms with Crippen molar-refractivity contribution in [1.29, 1.82) is 0 Å². The summed E-state index contributed by atoms with van der Waals surface area (Å²) in [7, 11) is 0. The Morgan fingerprint density at radius 2 is 1.90 bits per heavy atom. The summed E-state index contributed by atoms with van der Waals surface area (Å²) < 4.78 is 5.93. The Balaban J connectivity index is 2.07. The van der Waals surface area contributed by atoms with E-state index in [0.29, 0.717) is 12.5 Å². The highest BCUT2D eigenvalue weighted by Crippen LogP contribution is 2.31. The predicted octanol–water partition coefficient (Wildman–Crippen LogP) is 4.98. The molecule has 2 aromatic carbocycles. The number of ether oxygens (including phenoxy) is 1. The first kappa shape index (κ1) is 15.7. The maximum Gasteiger partial charge on any atom is 0.122 e. The maximum atomic E-state index is 6.28. The van der Waals surface area contributed by atoms with Gasteiger partial charge in [-0.15, -0.1) is 0 Å². The third-order valence-electron chi connectivity index (χ3n) is 3.60. The quantitative estimate of drug-likeness (QED) is 0.791. The smallest absolute Gasteiger partial charge is 0.122 e. The van der Waals surface area contributed by atoms with Crippen LogP contribution in [0.5, 0.6) is 5.75 Å². The van der Waals surface area contributed by atoms with E-state index in [-0.39, 0.29) is 0 Å². The molecule has 0 bridgehead atoms. The van der Waals surface area contributed by atoms with Crippen LogP contribution in [-0.4, -0.2) is 6.61 Å². The van der Waals surface area contributed by atoms with Gasteiger partial charge in [0.1, 0.15) is 5.75 Å². The van der Waals surface area contributed by atoms with Crippen LogP contribution in [0.25, 0.3) is 0 Å². The van der Waals surface area contributed by atoms with E-state index >= 15 is 0 Å². The van der Waals surface area contributed by atoms with E-state index in [4.69, 9.17) is 22.1 Å². The Labute approximate surface area is 131 Å². The summed E-state index contributed by atoms with van der Waals surface area (Å²) in [6, 6.07) is 11.9. The van der Waals surface area contributed by atoms with Crippen molar-refractivity contribution in [2.45, 2.75) is 33.1 Å². The molecular formula is C18H22ClNO. The van der Waals surface area contributed by atoms with Gasteiger partial charge in [-0.05, 0) is 47.7 Å². The summed E-state index contributed by atoms with van der Waals surface area (Å²) in [6.07, 6.45) is 0.797. The fourth-order valence-electron chi connectivity index (χ4n) is 2.30. The molecule has 0 aliphatic carbocycles. The van der Waals surface area contributed by atoms with Gasteiger partial charge in [0.25, 0.3) is 0 Å². The average Bonchev–Trinajstić information content (AvgIpc) is 2.42. The summed E-state index contributed by atoms with van der Waals surface area (Å²) in [5, 5.41) is 0.808. The highest BCUT2D eigenvalue weighted by molar-refractivity contribution is 6.31. The summed E-state index contributed by atoms with van der Waals surface area (Å²) in [5.41, 5.74) is 10.1. The second-order valence-corrected chi connectivity index (χ2v) is 6.00. The third kappa shape index (κ3) is 3.92. The minimum atomic E-state index is 0.380. The minimum Gasteiger partial charge on any atom is -0.493 e. The lowest BCUT2D eigenvalue weighted by Gasteiger charge is -2.15. The first-order valence-corrected chi connectivity index (χ1v) is 7.63. The summed E-state index contributed by atoms with van der Waals surface area (Å²) in [6.45, 7) is 6.88. The van der Waals surface area contributed by atoms with E-state index in [1.54, 1.807) is 0 Å². The number of nitrogen functional groups attached to an aromatic ring is 1. The average molecular weight is 304 g/mol. The number of halogens is 1. The van der Waals surface area contributed by atoms with E-state index in [1.165, 1.54) is 0 Å². The molecule has 3 heteroatoms. The van der Waals surface area contributed by atoms with Crippen molar-refractivity contribution >= 4 is 17.3 Å². The fraction of sp³-hybridized carbons (Fsp3) is 0.333.